The summed E-state index contributed by atoms with van der Waals surface area (Å²) in [6.45, 7) is 0.984. The number of nitrogens with one attached hydrogen (secondary N) is 1. The fourth-order valence-corrected chi connectivity index (χ4v) is 1.89. The average molecular weight is 263 g/mol. The van der Waals surface area contributed by atoms with Crippen LogP contribution in [-0.4, -0.2) is 35.4 Å². The first-order valence-corrected chi connectivity index (χ1v) is 5.77. The topological polar surface area (TPSA) is 108 Å². The fraction of sp³-hybridized carbons (Fsp3) is 0.417. The van der Waals surface area contributed by atoms with Gasteiger partial charge in [0.1, 0.15) is 11.7 Å². The summed E-state index contributed by atoms with van der Waals surface area (Å²) in [5.74, 6) is 0. The Morgan fingerprint density at radius 2 is 2.42 bits per heavy atom. The number of anilines is 1. The van der Waals surface area contributed by atoms with Crippen LogP contribution in [0.2, 0.25) is 0 Å². The second-order valence-corrected chi connectivity index (χ2v) is 4.48. The second kappa shape index (κ2) is 5.22. The van der Waals surface area contributed by atoms with E-state index in [1.807, 2.05) is 6.07 Å². The molecule has 0 bridgehead atoms. The van der Waals surface area contributed by atoms with Gasteiger partial charge in [0.05, 0.1) is 22.8 Å². The van der Waals surface area contributed by atoms with E-state index in [4.69, 9.17) is 10.00 Å². The molecule has 1 fully saturated rings. The Labute approximate surface area is 109 Å². The summed E-state index contributed by atoms with van der Waals surface area (Å²) >= 11 is 0. The molecule has 1 aliphatic heterocycles. The van der Waals surface area contributed by atoms with E-state index < -0.39 is 10.5 Å². The number of nitro benzene ring substituents is 1. The number of ether oxygens (including phenoxy) is 1. The van der Waals surface area contributed by atoms with Crippen molar-refractivity contribution in [1.29, 1.82) is 5.26 Å². The number of non-ortho nitro benzene ring substituents is 1. The third-order valence-electron chi connectivity index (χ3n) is 3.02. The normalized spacial score (nSPS) is 21.9. The highest BCUT2D eigenvalue weighted by molar-refractivity contribution is 5.61. The second-order valence-electron chi connectivity index (χ2n) is 4.48. The summed E-state index contributed by atoms with van der Waals surface area (Å²) in [5.41, 5.74) is -0.441. The van der Waals surface area contributed by atoms with E-state index in [1.165, 1.54) is 18.2 Å². The Morgan fingerprint density at radius 3 is 3.00 bits per heavy atom. The monoisotopic (exact) mass is 263 g/mol. The van der Waals surface area contributed by atoms with Crippen molar-refractivity contribution in [3.8, 4) is 6.07 Å². The Bertz CT molecular complexity index is 532. The molecule has 1 heterocycles. The summed E-state index contributed by atoms with van der Waals surface area (Å²) in [6, 6.07) is 5.89. The summed E-state index contributed by atoms with van der Waals surface area (Å²) in [6.07, 6.45) is 0.523. The lowest BCUT2D eigenvalue weighted by Gasteiger charge is -2.21. The van der Waals surface area contributed by atoms with Crippen molar-refractivity contribution in [2.75, 3.05) is 25.1 Å². The quantitative estimate of drug-likeness (QED) is 0.620. The minimum absolute atomic E-state index is 0.134. The molecule has 1 aliphatic rings. The average Bonchev–Trinajstić information content (AvgIpc) is 2.83. The van der Waals surface area contributed by atoms with Crippen molar-refractivity contribution in [2.45, 2.75) is 12.0 Å². The number of rotatable bonds is 4. The Morgan fingerprint density at radius 1 is 1.63 bits per heavy atom. The predicted molar refractivity (Wildman–Crippen MR) is 66.7 cm³/mol. The van der Waals surface area contributed by atoms with Crippen LogP contribution in [0.25, 0.3) is 0 Å². The van der Waals surface area contributed by atoms with Crippen LogP contribution >= 0.6 is 0 Å². The van der Waals surface area contributed by atoms with E-state index in [0.717, 1.165) is 0 Å². The lowest BCUT2D eigenvalue weighted by molar-refractivity contribution is -0.384. The van der Waals surface area contributed by atoms with Crippen LogP contribution in [0, 0.1) is 21.4 Å². The smallest absolute Gasteiger partial charge is 0.270 e. The summed E-state index contributed by atoms with van der Waals surface area (Å²) < 4.78 is 5.11. The van der Waals surface area contributed by atoms with Crippen LogP contribution in [0.5, 0.6) is 0 Å². The molecule has 7 nitrogen and oxygen atoms in total. The molecule has 0 spiro atoms. The van der Waals surface area contributed by atoms with Gasteiger partial charge in [0, 0.05) is 31.7 Å². The van der Waals surface area contributed by atoms with Crippen LogP contribution in [0.3, 0.4) is 0 Å². The van der Waals surface area contributed by atoms with Crippen LogP contribution in [0.4, 0.5) is 11.4 Å². The summed E-state index contributed by atoms with van der Waals surface area (Å²) in [5, 5.41) is 32.6. The van der Waals surface area contributed by atoms with Crippen molar-refractivity contribution in [2.24, 2.45) is 0 Å². The molecule has 0 radical (unpaired) electrons. The number of aliphatic hydroxyl groups is 1. The van der Waals surface area contributed by atoms with E-state index in [1.54, 1.807) is 0 Å². The van der Waals surface area contributed by atoms with Crippen molar-refractivity contribution >= 4 is 11.4 Å². The van der Waals surface area contributed by atoms with Crippen LogP contribution in [-0.2, 0) is 4.74 Å². The van der Waals surface area contributed by atoms with Crippen LogP contribution in [0.1, 0.15) is 12.0 Å². The van der Waals surface area contributed by atoms with Crippen molar-refractivity contribution < 1.29 is 14.8 Å². The van der Waals surface area contributed by atoms with Gasteiger partial charge in [0.15, 0.2) is 0 Å². The molecule has 1 atom stereocenters. The number of nitro groups is 1. The van der Waals surface area contributed by atoms with E-state index in [2.05, 4.69) is 5.32 Å². The first-order chi connectivity index (χ1) is 9.04. The van der Waals surface area contributed by atoms with Crippen LogP contribution in [0.15, 0.2) is 18.2 Å². The van der Waals surface area contributed by atoms with Gasteiger partial charge in [-0.3, -0.25) is 10.1 Å². The molecule has 7 heteroatoms. The molecule has 1 aromatic carbocycles. The van der Waals surface area contributed by atoms with Gasteiger partial charge in [-0.05, 0) is 6.07 Å². The number of benzene rings is 1. The van der Waals surface area contributed by atoms with Crippen LogP contribution < -0.4 is 5.32 Å². The third kappa shape index (κ3) is 2.99. The highest BCUT2D eigenvalue weighted by atomic mass is 16.6. The van der Waals surface area contributed by atoms with E-state index >= 15 is 0 Å². The summed E-state index contributed by atoms with van der Waals surface area (Å²) in [4.78, 5) is 10.1. The maximum Gasteiger partial charge on any atom is 0.270 e. The van der Waals surface area contributed by atoms with Gasteiger partial charge >= 0.3 is 0 Å². The van der Waals surface area contributed by atoms with Gasteiger partial charge in [-0.25, -0.2) is 0 Å². The molecule has 1 unspecified atom stereocenters. The van der Waals surface area contributed by atoms with Gasteiger partial charge < -0.3 is 15.2 Å². The molecule has 19 heavy (non-hydrogen) atoms. The van der Waals surface area contributed by atoms with E-state index in [0.29, 0.717) is 18.7 Å². The molecular formula is C12H13N3O4. The van der Waals surface area contributed by atoms with Crippen molar-refractivity contribution in [1.82, 2.24) is 0 Å². The highest BCUT2D eigenvalue weighted by Crippen LogP contribution is 2.24. The zero-order chi connectivity index (χ0) is 13.9. The molecule has 0 saturated carbocycles. The molecule has 1 aromatic rings. The predicted octanol–water partition coefficient (Wildman–Crippen LogP) is 1.03. The number of nitriles is 1. The maximum absolute atomic E-state index is 10.6. The number of hydrogen-bond acceptors (Lipinski definition) is 6. The highest BCUT2D eigenvalue weighted by Gasteiger charge is 2.32. The lowest BCUT2D eigenvalue weighted by Crippen LogP contribution is -2.37. The van der Waals surface area contributed by atoms with Gasteiger partial charge in [-0.15, -0.1) is 0 Å². The molecule has 0 aliphatic carbocycles. The van der Waals surface area contributed by atoms with Gasteiger partial charge in [-0.1, -0.05) is 0 Å². The number of hydrogen-bond donors (Lipinski definition) is 2. The molecule has 100 valence electrons. The zero-order valence-corrected chi connectivity index (χ0v) is 10.1. The van der Waals surface area contributed by atoms with Crippen molar-refractivity contribution in [3.05, 3.63) is 33.9 Å². The first-order valence-electron chi connectivity index (χ1n) is 5.77. The maximum atomic E-state index is 10.6. The van der Waals surface area contributed by atoms with Gasteiger partial charge in [0.2, 0.25) is 0 Å². The molecular weight excluding hydrogens is 250 g/mol. The lowest BCUT2D eigenvalue weighted by atomic mass is 10.0. The zero-order valence-electron chi connectivity index (χ0n) is 10.1. The SMILES string of the molecule is N#Cc1cc([N+](=O)[O-])ccc1NCC1(O)CCOC1. The van der Waals surface area contributed by atoms with Crippen molar-refractivity contribution in [3.63, 3.8) is 0 Å². The molecule has 2 rings (SSSR count). The van der Waals surface area contributed by atoms with Gasteiger partial charge in [0.25, 0.3) is 5.69 Å². The third-order valence-corrected chi connectivity index (χ3v) is 3.02. The standard InChI is InChI=1S/C12H13N3O4/c13-6-9-5-10(15(17)18)1-2-11(9)14-7-12(16)3-4-19-8-12/h1-2,5,14,16H,3-4,7-8H2. The van der Waals surface area contributed by atoms with E-state index in [9.17, 15) is 15.2 Å². The number of nitrogens with zero attached hydrogens (tertiary/aromatic N) is 2. The fourth-order valence-electron chi connectivity index (χ4n) is 1.89. The minimum atomic E-state index is -0.950. The molecule has 2 N–H and O–H groups in total. The summed E-state index contributed by atoms with van der Waals surface area (Å²) in [7, 11) is 0. The molecule has 1 saturated heterocycles. The first kappa shape index (κ1) is 13.3. The largest absolute Gasteiger partial charge is 0.386 e. The van der Waals surface area contributed by atoms with E-state index in [-0.39, 0.29) is 24.4 Å². The Hall–Kier alpha value is -2.17. The Kier molecular flexibility index (Phi) is 3.64. The molecule has 0 amide bonds. The molecule has 0 aromatic heterocycles. The van der Waals surface area contributed by atoms with Gasteiger partial charge in [-0.2, -0.15) is 5.26 Å². The Balaban J connectivity index is 2.12. The minimum Gasteiger partial charge on any atom is -0.386 e.